The maximum atomic E-state index is 13.3. The quantitative estimate of drug-likeness (QED) is 0.702. The average Bonchev–Trinajstić information content (AvgIpc) is 3.11. The second-order valence-corrected chi connectivity index (χ2v) is 8.40. The Hall–Kier alpha value is -1.94. The van der Waals surface area contributed by atoms with Crippen LogP contribution in [0.3, 0.4) is 0 Å². The van der Waals surface area contributed by atoms with Crippen molar-refractivity contribution in [2.24, 2.45) is 0 Å². The molecule has 0 atom stereocenters. The number of carbonyl (C=O) groups is 1. The van der Waals surface area contributed by atoms with E-state index in [4.69, 9.17) is 9.47 Å². The van der Waals surface area contributed by atoms with Crippen LogP contribution in [0.5, 0.6) is 5.75 Å². The van der Waals surface area contributed by atoms with Gasteiger partial charge in [-0.05, 0) is 29.6 Å². The molecule has 0 saturated carbocycles. The van der Waals surface area contributed by atoms with Gasteiger partial charge in [0.2, 0.25) is 15.9 Å². The number of hydrogen-bond acceptors (Lipinski definition) is 6. The summed E-state index contributed by atoms with van der Waals surface area (Å²) in [5.74, 6) is -0.0685. The molecule has 0 saturated heterocycles. The fraction of sp³-hybridized carbons (Fsp3) is 0.353. The Labute approximate surface area is 157 Å². The van der Waals surface area contributed by atoms with Crippen LogP contribution in [0.1, 0.15) is 11.8 Å². The highest BCUT2D eigenvalue weighted by atomic mass is 32.2. The molecular weight excluding hydrogens is 376 g/mol. The van der Waals surface area contributed by atoms with E-state index in [0.717, 1.165) is 4.88 Å². The van der Waals surface area contributed by atoms with Crippen LogP contribution >= 0.6 is 11.3 Å². The van der Waals surface area contributed by atoms with Crippen molar-refractivity contribution in [1.29, 1.82) is 0 Å². The molecule has 142 valence electrons. The van der Waals surface area contributed by atoms with Gasteiger partial charge < -0.3 is 14.8 Å². The number of ether oxygens (including phenoxy) is 2. The van der Waals surface area contributed by atoms with E-state index in [1.54, 1.807) is 6.07 Å². The van der Waals surface area contributed by atoms with E-state index < -0.39 is 10.0 Å². The lowest BCUT2D eigenvalue weighted by Gasteiger charge is -2.23. The summed E-state index contributed by atoms with van der Waals surface area (Å²) in [6.07, 6.45) is 0. The summed E-state index contributed by atoms with van der Waals surface area (Å²) in [7, 11) is -0.937. The maximum Gasteiger partial charge on any atom is 0.247 e. The van der Waals surface area contributed by atoms with E-state index >= 15 is 0 Å². The SMILES string of the molecule is COCCN(Cc1cccs1)S(=O)(=O)c1cc(NC(C)=O)ccc1OC. The molecular formula is C17H22N2O5S2. The molecule has 0 aliphatic heterocycles. The number of methoxy groups -OCH3 is 2. The monoisotopic (exact) mass is 398 g/mol. The highest BCUT2D eigenvalue weighted by molar-refractivity contribution is 7.89. The van der Waals surface area contributed by atoms with Gasteiger partial charge in [0.1, 0.15) is 10.6 Å². The van der Waals surface area contributed by atoms with E-state index in [1.165, 1.54) is 48.9 Å². The lowest BCUT2D eigenvalue weighted by molar-refractivity contribution is -0.114. The molecule has 0 spiro atoms. The number of nitrogens with one attached hydrogen (secondary N) is 1. The number of carbonyl (C=O) groups excluding carboxylic acids is 1. The Balaban J connectivity index is 2.44. The summed E-state index contributed by atoms with van der Waals surface area (Å²) in [4.78, 5) is 12.2. The first-order valence-corrected chi connectivity index (χ1v) is 10.2. The van der Waals surface area contributed by atoms with Crippen LogP contribution in [0.25, 0.3) is 0 Å². The van der Waals surface area contributed by atoms with E-state index in [2.05, 4.69) is 5.32 Å². The minimum atomic E-state index is -3.87. The normalized spacial score (nSPS) is 11.5. The summed E-state index contributed by atoms with van der Waals surface area (Å²) in [6, 6.07) is 8.28. The number of amides is 1. The first kappa shape index (κ1) is 20.4. The third-order valence-electron chi connectivity index (χ3n) is 3.56. The van der Waals surface area contributed by atoms with Crippen LogP contribution in [-0.4, -0.2) is 46.0 Å². The Bertz CT molecular complexity index is 835. The number of benzene rings is 1. The van der Waals surface area contributed by atoms with E-state index in [-0.39, 0.29) is 36.2 Å². The largest absolute Gasteiger partial charge is 0.495 e. The fourth-order valence-corrected chi connectivity index (χ4v) is 4.74. The number of hydrogen-bond donors (Lipinski definition) is 1. The van der Waals surface area contributed by atoms with Gasteiger partial charge in [-0.2, -0.15) is 4.31 Å². The van der Waals surface area contributed by atoms with E-state index in [0.29, 0.717) is 5.69 Å². The van der Waals surface area contributed by atoms with Gasteiger partial charge in [0.15, 0.2) is 0 Å². The maximum absolute atomic E-state index is 13.3. The van der Waals surface area contributed by atoms with Crippen LogP contribution in [0.15, 0.2) is 40.6 Å². The smallest absolute Gasteiger partial charge is 0.247 e. The lowest BCUT2D eigenvalue weighted by atomic mass is 10.3. The molecule has 26 heavy (non-hydrogen) atoms. The van der Waals surface area contributed by atoms with Crippen molar-refractivity contribution in [3.05, 3.63) is 40.6 Å². The van der Waals surface area contributed by atoms with Gasteiger partial charge in [-0.25, -0.2) is 8.42 Å². The van der Waals surface area contributed by atoms with Crippen molar-refractivity contribution in [2.75, 3.05) is 32.7 Å². The molecule has 0 radical (unpaired) electrons. The standard InChI is InChI=1S/C17H22N2O5S2/c1-13(20)18-14-6-7-16(24-3)17(11-14)26(21,22)19(8-9-23-2)12-15-5-4-10-25-15/h4-7,10-11H,8-9,12H2,1-3H3,(H,18,20). The summed E-state index contributed by atoms with van der Waals surface area (Å²) in [6.45, 7) is 2.06. The number of rotatable bonds is 9. The Morgan fingerprint density at radius 3 is 2.62 bits per heavy atom. The molecule has 2 rings (SSSR count). The predicted molar refractivity (Wildman–Crippen MR) is 101 cm³/mol. The molecule has 2 aromatic rings. The van der Waals surface area contributed by atoms with Gasteiger partial charge in [0, 0.05) is 37.7 Å². The molecule has 0 fully saturated rings. The third-order valence-corrected chi connectivity index (χ3v) is 6.29. The lowest BCUT2D eigenvalue weighted by Crippen LogP contribution is -2.33. The number of sulfonamides is 1. The van der Waals surface area contributed by atoms with Gasteiger partial charge in [-0.3, -0.25) is 4.79 Å². The van der Waals surface area contributed by atoms with Gasteiger partial charge in [-0.1, -0.05) is 6.07 Å². The zero-order chi connectivity index (χ0) is 19.2. The molecule has 1 aromatic heterocycles. The number of thiophene rings is 1. The van der Waals surface area contributed by atoms with Crippen LogP contribution in [0.2, 0.25) is 0 Å². The molecule has 0 aliphatic carbocycles. The molecule has 1 aromatic carbocycles. The van der Waals surface area contributed by atoms with Crippen LogP contribution in [0, 0.1) is 0 Å². The summed E-state index contributed by atoms with van der Waals surface area (Å²) < 4.78 is 38.2. The molecule has 0 unspecified atom stereocenters. The minimum Gasteiger partial charge on any atom is -0.495 e. The first-order chi connectivity index (χ1) is 12.4. The molecule has 0 bridgehead atoms. The van der Waals surface area contributed by atoms with Gasteiger partial charge in [0.25, 0.3) is 0 Å². The van der Waals surface area contributed by atoms with Crippen molar-refractivity contribution < 1.29 is 22.7 Å². The van der Waals surface area contributed by atoms with Gasteiger partial charge in [-0.15, -0.1) is 11.3 Å². The Morgan fingerprint density at radius 2 is 2.04 bits per heavy atom. The van der Waals surface area contributed by atoms with Crippen molar-refractivity contribution in [3.63, 3.8) is 0 Å². The van der Waals surface area contributed by atoms with E-state index in [1.807, 2.05) is 17.5 Å². The molecule has 7 nitrogen and oxygen atoms in total. The predicted octanol–water partition coefficient (Wildman–Crippen LogP) is 2.55. The summed E-state index contributed by atoms with van der Waals surface area (Å²) in [5, 5.41) is 4.49. The Morgan fingerprint density at radius 1 is 1.27 bits per heavy atom. The van der Waals surface area contributed by atoms with Gasteiger partial charge in [0.05, 0.1) is 13.7 Å². The second-order valence-electron chi connectivity index (χ2n) is 5.46. The molecule has 1 N–H and O–H groups in total. The molecule has 9 heteroatoms. The average molecular weight is 399 g/mol. The molecule has 0 aliphatic rings. The second kappa shape index (κ2) is 9.13. The van der Waals surface area contributed by atoms with Crippen molar-refractivity contribution >= 4 is 33.0 Å². The highest BCUT2D eigenvalue weighted by Gasteiger charge is 2.28. The van der Waals surface area contributed by atoms with Crippen molar-refractivity contribution in [3.8, 4) is 5.75 Å². The molecule has 1 heterocycles. The zero-order valence-corrected chi connectivity index (χ0v) is 16.5. The molecule has 1 amide bonds. The zero-order valence-electron chi connectivity index (χ0n) is 14.9. The topological polar surface area (TPSA) is 84.9 Å². The van der Waals surface area contributed by atoms with Crippen molar-refractivity contribution in [1.82, 2.24) is 4.31 Å². The third kappa shape index (κ3) is 5.04. The highest BCUT2D eigenvalue weighted by Crippen LogP contribution is 2.31. The van der Waals surface area contributed by atoms with Crippen molar-refractivity contribution in [2.45, 2.75) is 18.4 Å². The van der Waals surface area contributed by atoms with Crippen LogP contribution < -0.4 is 10.1 Å². The fourth-order valence-electron chi connectivity index (χ4n) is 2.35. The number of nitrogens with zero attached hydrogens (tertiary/aromatic N) is 1. The first-order valence-electron chi connectivity index (χ1n) is 7.85. The summed E-state index contributed by atoms with van der Waals surface area (Å²) in [5.41, 5.74) is 0.389. The van der Waals surface area contributed by atoms with Crippen LogP contribution in [0.4, 0.5) is 5.69 Å². The van der Waals surface area contributed by atoms with Crippen LogP contribution in [-0.2, 0) is 26.1 Å². The van der Waals surface area contributed by atoms with E-state index in [9.17, 15) is 13.2 Å². The van der Waals surface area contributed by atoms with Gasteiger partial charge >= 0.3 is 0 Å². The number of anilines is 1. The summed E-state index contributed by atoms with van der Waals surface area (Å²) >= 11 is 1.48. The minimum absolute atomic E-state index is 0.00101. The Kier molecular flexibility index (Phi) is 7.15.